The van der Waals surface area contributed by atoms with Crippen molar-refractivity contribution in [1.82, 2.24) is 19.5 Å². The predicted molar refractivity (Wildman–Crippen MR) is 128 cm³/mol. The molecule has 2 heterocycles. The minimum atomic E-state index is -0.210. The lowest BCUT2D eigenvalue weighted by Gasteiger charge is -2.26. The van der Waals surface area contributed by atoms with Crippen molar-refractivity contribution in [3.63, 3.8) is 0 Å². The van der Waals surface area contributed by atoms with Gasteiger partial charge in [0.15, 0.2) is 17.0 Å². The molecule has 33 heavy (non-hydrogen) atoms. The molecule has 1 aromatic carbocycles. The Morgan fingerprint density at radius 2 is 1.76 bits per heavy atom. The molecule has 2 aliphatic carbocycles. The summed E-state index contributed by atoms with van der Waals surface area (Å²) in [4.78, 5) is 14.2. The summed E-state index contributed by atoms with van der Waals surface area (Å²) in [6, 6.07) is 3.83. The number of nitrogens with zero attached hydrogens (tertiary/aromatic N) is 4. The molecule has 176 valence electrons. The molecule has 0 unspecified atom stereocenters. The quantitative estimate of drug-likeness (QED) is 0.444. The van der Waals surface area contributed by atoms with Crippen LogP contribution in [0.1, 0.15) is 38.5 Å². The van der Waals surface area contributed by atoms with Crippen LogP contribution in [0.2, 0.25) is 5.02 Å². The maximum Gasteiger partial charge on any atom is 0.227 e. The van der Waals surface area contributed by atoms with Gasteiger partial charge in [-0.2, -0.15) is 9.97 Å². The number of aliphatic hydroxyl groups excluding tert-OH is 1. The number of fused-ring (bicyclic) bond motifs is 1. The Balaban J connectivity index is 1.50. The number of nitrogens with one attached hydrogen (secondary N) is 2. The van der Waals surface area contributed by atoms with Crippen LogP contribution in [0.25, 0.3) is 11.2 Å². The first-order chi connectivity index (χ1) is 16.0. The lowest BCUT2D eigenvalue weighted by molar-refractivity contribution is 0.126. The van der Waals surface area contributed by atoms with Gasteiger partial charge in [-0.05, 0) is 44.4 Å². The summed E-state index contributed by atoms with van der Waals surface area (Å²) < 4.78 is 12.9. The van der Waals surface area contributed by atoms with E-state index in [0.29, 0.717) is 39.7 Å². The number of aliphatic hydroxyl groups is 1. The Labute approximate surface area is 197 Å². The predicted octanol–water partition coefficient (Wildman–Crippen LogP) is 4.37. The topological polar surface area (TPSA) is 106 Å². The molecule has 0 radical (unpaired) electrons. The zero-order chi connectivity index (χ0) is 22.9. The average molecular weight is 473 g/mol. The van der Waals surface area contributed by atoms with Crippen molar-refractivity contribution in [2.45, 2.75) is 57.2 Å². The van der Waals surface area contributed by atoms with Crippen LogP contribution in [0.5, 0.6) is 11.5 Å². The number of hydrogen-bond acceptors (Lipinski definition) is 8. The van der Waals surface area contributed by atoms with E-state index in [4.69, 9.17) is 31.0 Å². The summed E-state index contributed by atoms with van der Waals surface area (Å²) in [5.41, 5.74) is 2.22. The average Bonchev–Trinajstić information content (AvgIpc) is 3.55. The maximum absolute atomic E-state index is 9.84. The van der Waals surface area contributed by atoms with Gasteiger partial charge in [0.1, 0.15) is 16.5 Å². The van der Waals surface area contributed by atoms with E-state index in [1.807, 2.05) is 6.33 Å². The van der Waals surface area contributed by atoms with Gasteiger partial charge in [0, 0.05) is 30.4 Å². The Kier molecular flexibility index (Phi) is 6.16. The Morgan fingerprint density at radius 1 is 1.06 bits per heavy atom. The molecule has 0 bridgehead atoms. The van der Waals surface area contributed by atoms with Crippen molar-refractivity contribution in [2.24, 2.45) is 5.92 Å². The Bertz CT molecular complexity index is 1120. The van der Waals surface area contributed by atoms with Gasteiger partial charge in [-0.1, -0.05) is 11.6 Å². The molecule has 0 saturated heterocycles. The second-order valence-corrected chi connectivity index (χ2v) is 9.26. The molecule has 2 aliphatic rings. The molecule has 0 amide bonds. The highest BCUT2D eigenvalue weighted by Gasteiger charge is 2.25. The number of imidazole rings is 1. The van der Waals surface area contributed by atoms with Gasteiger partial charge in [0.05, 0.1) is 26.7 Å². The summed E-state index contributed by atoms with van der Waals surface area (Å²) >= 11 is 6.33. The van der Waals surface area contributed by atoms with Crippen molar-refractivity contribution in [3.8, 4) is 11.5 Å². The molecule has 9 nitrogen and oxygen atoms in total. The van der Waals surface area contributed by atoms with Crippen molar-refractivity contribution < 1.29 is 14.6 Å². The summed E-state index contributed by atoms with van der Waals surface area (Å²) in [7, 11) is 3.13. The number of anilines is 3. The second kappa shape index (κ2) is 9.23. The van der Waals surface area contributed by atoms with Crippen LogP contribution in [-0.4, -0.2) is 51.0 Å². The Hall–Kier alpha value is -2.78. The van der Waals surface area contributed by atoms with Gasteiger partial charge in [0.25, 0.3) is 0 Å². The van der Waals surface area contributed by atoms with Gasteiger partial charge in [-0.25, -0.2) is 4.98 Å². The van der Waals surface area contributed by atoms with E-state index < -0.39 is 0 Å². The third kappa shape index (κ3) is 4.79. The van der Waals surface area contributed by atoms with Crippen LogP contribution in [0.4, 0.5) is 17.5 Å². The minimum Gasteiger partial charge on any atom is -0.495 e. The first-order valence-electron chi connectivity index (χ1n) is 11.4. The van der Waals surface area contributed by atoms with E-state index in [-0.39, 0.29) is 12.1 Å². The monoisotopic (exact) mass is 472 g/mol. The SMILES string of the molecule is COc1cc(Nc2nc(NC3CCC(O)CC3)nc3c2ncn3CC2CC2)cc(OC)c1Cl. The van der Waals surface area contributed by atoms with E-state index in [1.165, 1.54) is 12.8 Å². The number of benzene rings is 1. The maximum atomic E-state index is 9.84. The first-order valence-corrected chi connectivity index (χ1v) is 11.8. The smallest absolute Gasteiger partial charge is 0.227 e. The summed E-state index contributed by atoms with van der Waals surface area (Å²) in [6.07, 6.45) is 7.47. The van der Waals surface area contributed by atoms with Crippen molar-refractivity contribution in [1.29, 1.82) is 0 Å². The fraction of sp³-hybridized carbons (Fsp3) is 0.522. The van der Waals surface area contributed by atoms with Crippen LogP contribution < -0.4 is 20.1 Å². The molecule has 10 heteroatoms. The van der Waals surface area contributed by atoms with Gasteiger partial charge in [0.2, 0.25) is 5.95 Å². The standard InChI is InChI=1S/C23H29ClN6O3/c1-32-17-9-15(10-18(33-2)19(17)24)26-21-20-22(30(12-25-20)11-13-3-4-13)29-23(28-21)27-14-5-7-16(31)8-6-14/h9-10,12-14,16,31H,3-8,11H2,1-2H3,(H2,26,27,28,29). The molecular weight excluding hydrogens is 444 g/mol. The third-order valence-corrected chi connectivity index (χ3v) is 6.73. The molecule has 0 spiro atoms. The molecule has 0 atom stereocenters. The molecule has 3 aromatic rings. The van der Waals surface area contributed by atoms with Crippen LogP contribution in [0, 0.1) is 5.92 Å². The molecular formula is C23H29ClN6O3. The highest BCUT2D eigenvalue weighted by atomic mass is 35.5. The normalized spacial score (nSPS) is 20.6. The number of aromatic nitrogens is 4. The van der Waals surface area contributed by atoms with E-state index in [2.05, 4.69) is 20.2 Å². The number of halogens is 1. The van der Waals surface area contributed by atoms with Gasteiger partial charge in [-0.15, -0.1) is 0 Å². The van der Waals surface area contributed by atoms with Crippen LogP contribution >= 0.6 is 11.6 Å². The molecule has 5 rings (SSSR count). The van der Waals surface area contributed by atoms with Crippen molar-refractivity contribution in [3.05, 3.63) is 23.5 Å². The van der Waals surface area contributed by atoms with E-state index in [0.717, 1.165) is 43.6 Å². The van der Waals surface area contributed by atoms with E-state index >= 15 is 0 Å². The minimum absolute atomic E-state index is 0.210. The van der Waals surface area contributed by atoms with Crippen molar-refractivity contribution >= 4 is 40.2 Å². The molecule has 0 aliphatic heterocycles. The first kappa shape index (κ1) is 22.0. The van der Waals surface area contributed by atoms with Crippen molar-refractivity contribution in [2.75, 3.05) is 24.9 Å². The summed E-state index contributed by atoms with van der Waals surface area (Å²) in [6.45, 7) is 0.907. The zero-order valence-corrected chi connectivity index (χ0v) is 19.6. The molecule has 2 fully saturated rings. The fourth-order valence-electron chi connectivity index (χ4n) is 4.29. The number of hydrogen-bond donors (Lipinski definition) is 3. The highest BCUT2D eigenvalue weighted by Crippen LogP contribution is 2.39. The van der Waals surface area contributed by atoms with E-state index in [1.54, 1.807) is 26.4 Å². The second-order valence-electron chi connectivity index (χ2n) is 8.88. The largest absolute Gasteiger partial charge is 0.495 e. The van der Waals surface area contributed by atoms with Gasteiger partial charge >= 0.3 is 0 Å². The number of methoxy groups -OCH3 is 2. The summed E-state index contributed by atoms with van der Waals surface area (Å²) in [5, 5.41) is 17.1. The Morgan fingerprint density at radius 3 is 2.39 bits per heavy atom. The van der Waals surface area contributed by atoms with E-state index in [9.17, 15) is 5.11 Å². The molecule has 2 aromatic heterocycles. The van der Waals surface area contributed by atoms with Gasteiger partial charge < -0.3 is 29.8 Å². The van der Waals surface area contributed by atoms with Crippen LogP contribution in [0.3, 0.4) is 0 Å². The zero-order valence-electron chi connectivity index (χ0n) is 18.8. The van der Waals surface area contributed by atoms with Gasteiger partial charge in [-0.3, -0.25) is 0 Å². The van der Waals surface area contributed by atoms with Crippen LogP contribution in [0.15, 0.2) is 18.5 Å². The molecule has 3 N–H and O–H groups in total. The molecule has 2 saturated carbocycles. The highest BCUT2D eigenvalue weighted by molar-refractivity contribution is 6.33. The lowest BCUT2D eigenvalue weighted by Crippen LogP contribution is -2.29. The third-order valence-electron chi connectivity index (χ3n) is 6.35. The summed E-state index contributed by atoms with van der Waals surface area (Å²) in [5.74, 6) is 2.84. The number of rotatable bonds is 8. The lowest BCUT2D eigenvalue weighted by atomic mass is 9.93. The number of ether oxygens (including phenoxy) is 2. The van der Waals surface area contributed by atoms with Crippen LogP contribution in [-0.2, 0) is 6.54 Å². The fourth-order valence-corrected chi connectivity index (χ4v) is 4.55.